The zero-order valence-corrected chi connectivity index (χ0v) is 17.7. The van der Waals surface area contributed by atoms with Crippen LogP contribution in [0.1, 0.15) is 37.3 Å². The minimum absolute atomic E-state index is 0.0701. The van der Waals surface area contributed by atoms with Crippen molar-refractivity contribution in [2.24, 2.45) is 4.99 Å². The van der Waals surface area contributed by atoms with Crippen molar-refractivity contribution in [1.29, 1.82) is 0 Å². The van der Waals surface area contributed by atoms with Gasteiger partial charge in [0.2, 0.25) is 11.8 Å². The monoisotopic (exact) mass is 411 g/mol. The molecule has 0 unspecified atom stereocenters. The Labute approximate surface area is 182 Å². The molecular formula is C26H25N3O2. The molecule has 0 saturated heterocycles. The van der Waals surface area contributed by atoms with Crippen LogP contribution in [0.15, 0.2) is 83.9 Å². The van der Waals surface area contributed by atoms with Crippen LogP contribution in [-0.4, -0.2) is 24.1 Å². The van der Waals surface area contributed by atoms with Crippen molar-refractivity contribution in [2.45, 2.75) is 26.2 Å². The number of para-hydroxylation sites is 2. The molecule has 4 rings (SSSR count). The van der Waals surface area contributed by atoms with Gasteiger partial charge in [-0.3, -0.25) is 14.6 Å². The molecule has 31 heavy (non-hydrogen) atoms. The Bertz CT molecular complexity index is 1120. The van der Waals surface area contributed by atoms with Gasteiger partial charge in [0, 0.05) is 5.69 Å². The Morgan fingerprint density at radius 1 is 0.968 bits per heavy atom. The third-order valence-corrected chi connectivity index (χ3v) is 5.32. The number of hydrogen-bond acceptors (Lipinski definition) is 3. The van der Waals surface area contributed by atoms with E-state index in [-0.39, 0.29) is 24.8 Å². The molecule has 0 aliphatic carbocycles. The number of fused-ring (bicyclic) bond motifs is 1. The number of anilines is 2. The van der Waals surface area contributed by atoms with E-state index in [1.54, 1.807) is 0 Å². The lowest BCUT2D eigenvalue weighted by Gasteiger charge is -2.22. The molecule has 3 aromatic rings. The fourth-order valence-corrected chi connectivity index (χ4v) is 3.61. The molecule has 0 radical (unpaired) electrons. The van der Waals surface area contributed by atoms with E-state index < -0.39 is 0 Å². The Balaban J connectivity index is 1.55. The summed E-state index contributed by atoms with van der Waals surface area (Å²) in [5, 5.41) is 2.90. The lowest BCUT2D eigenvalue weighted by atomic mass is 10.0. The van der Waals surface area contributed by atoms with Crippen LogP contribution in [0.25, 0.3) is 0 Å². The molecule has 156 valence electrons. The van der Waals surface area contributed by atoms with E-state index in [1.165, 1.54) is 10.5 Å². The predicted molar refractivity (Wildman–Crippen MR) is 125 cm³/mol. The number of aliphatic imine (C=N–C) groups is 1. The fourth-order valence-electron chi connectivity index (χ4n) is 3.61. The summed E-state index contributed by atoms with van der Waals surface area (Å²) in [4.78, 5) is 32.2. The van der Waals surface area contributed by atoms with Gasteiger partial charge in [-0.15, -0.1) is 0 Å². The maximum Gasteiger partial charge on any atom is 0.244 e. The highest BCUT2D eigenvalue weighted by molar-refractivity contribution is 6.18. The molecule has 0 bridgehead atoms. The number of carbonyl (C=O) groups is 2. The lowest BCUT2D eigenvalue weighted by Crippen LogP contribution is -2.38. The molecule has 1 aliphatic heterocycles. The molecule has 0 saturated carbocycles. The number of nitrogens with one attached hydrogen (secondary N) is 1. The molecule has 1 heterocycles. The van der Waals surface area contributed by atoms with Crippen LogP contribution in [0, 0.1) is 0 Å². The quantitative estimate of drug-likeness (QED) is 0.619. The SMILES string of the molecule is CC(C)c1ccc(NC(=O)CN2C(=O)CC(c3ccccc3)=Nc3ccccc32)cc1. The van der Waals surface area contributed by atoms with E-state index in [1.807, 2.05) is 78.9 Å². The van der Waals surface area contributed by atoms with E-state index in [4.69, 9.17) is 4.99 Å². The van der Waals surface area contributed by atoms with Crippen molar-refractivity contribution in [3.8, 4) is 0 Å². The van der Waals surface area contributed by atoms with Crippen molar-refractivity contribution in [1.82, 2.24) is 0 Å². The van der Waals surface area contributed by atoms with Gasteiger partial charge < -0.3 is 10.2 Å². The molecule has 0 spiro atoms. The molecule has 0 fully saturated rings. The van der Waals surface area contributed by atoms with Crippen LogP contribution in [0.2, 0.25) is 0 Å². The van der Waals surface area contributed by atoms with Gasteiger partial charge in [0.25, 0.3) is 0 Å². The van der Waals surface area contributed by atoms with Crippen molar-refractivity contribution in [2.75, 3.05) is 16.8 Å². The molecule has 2 amide bonds. The van der Waals surface area contributed by atoms with Gasteiger partial charge in [0.1, 0.15) is 6.54 Å². The number of amides is 2. The fraction of sp³-hybridized carbons (Fsp3) is 0.192. The van der Waals surface area contributed by atoms with E-state index in [0.29, 0.717) is 28.7 Å². The molecule has 0 aromatic heterocycles. The average Bonchev–Trinajstić information content (AvgIpc) is 2.91. The van der Waals surface area contributed by atoms with Crippen LogP contribution in [0.4, 0.5) is 17.1 Å². The van der Waals surface area contributed by atoms with Gasteiger partial charge in [-0.05, 0) is 41.3 Å². The summed E-state index contributed by atoms with van der Waals surface area (Å²) >= 11 is 0. The highest BCUT2D eigenvalue weighted by atomic mass is 16.2. The van der Waals surface area contributed by atoms with Gasteiger partial charge in [-0.1, -0.05) is 68.4 Å². The second-order valence-electron chi connectivity index (χ2n) is 7.89. The van der Waals surface area contributed by atoms with Crippen LogP contribution in [0.3, 0.4) is 0 Å². The average molecular weight is 412 g/mol. The zero-order chi connectivity index (χ0) is 21.8. The van der Waals surface area contributed by atoms with Gasteiger partial charge in [0.15, 0.2) is 0 Å². The van der Waals surface area contributed by atoms with Crippen molar-refractivity contribution in [3.63, 3.8) is 0 Å². The zero-order valence-electron chi connectivity index (χ0n) is 17.7. The normalized spacial score (nSPS) is 13.5. The maximum atomic E-state index is 13.1. The first kappa shape index (κ1) is 20.5. The predicted octanol–water partition coefficient (Wildman–Crippen LogP) is 5.31. The molecule has 1 aliphatic rings. The van der Waals surface area contributed by atoms with Crippen LogP contribution >= 0.6 is 0 Å². The standard InChI is InChI=1S/C26H25N3O2/c1-18(2)19-12-14-21(15-13-19)27-25(30)17-29-24-11-7-6-10-22(24)28-23(16-26(29)31)20-8-4-3-5-9-20/h3-15,18H,16-17H2,1-2H3,(H,27,30). The highest BCUT2D eigenvalue weighted by Gasteiger charge is 2.26. The summed E-state index contributed by atoms with van der Waals surface area (Å²) < 4.78 is 0. The number of nitrogens with zero attached hydrogens (tertiary/aromatic N) is 2. The summed E-state index contributed by atoms with van der Waals surface area (Å²) in [5.74, 6) is 0.0243. The number of carbonyl (C=O) groups excluding carboxylic acids is 2. The molecular weight excluding hydrogens is 386 g/mol. The lowest BCUT2D eigenvalue weighted by molar-refractivity contribution is -0.120. The molecule has 1 N–H and O–H groups in total. The minimum Gasteiger partial charge on any atom is -0.325 e. The second-order valence-corrected chi connectivity index (χ2v) is 7.89. The van der Waals surface area contributed by atoms with E-state index >= 15 is 0 Å². The van der Waals surface area contributed by atoms with Gasteiger partial charge in [-0.25, -0.2) is 0 Å². The van der Waals surface area contributed by atoms with Gasteiger partial charge in [-0.2, -0.15) is 0 Å². The summed E-state index contributed by atoms with van der Waals surface area (Å²) in [6.07, 6.45) is 0.134. The molecule has 5 nitrogen and oxygen atoms in total. The maximum absolute atomic E-state index is 13.1. The third-order valence-electron chi connectivity index (χ3n) is 5.32. The van der Waals surface area contributed by atoms with Gasteiger partial charge >= 0.3 is 0 Å². The van der Waals surface area contributed by atoms with Gasteiger partial charge in [0.05, 0.1) is 23.5 Å². The van der Waals surface area contributed by atoms with E-state index in [2.05, 4.69) is 19.2 Å². The smallest absolute Gasteiger partial charge is 0.244 e. The largest absolute Gasteiger partial charge is 0.325 e. The number of benzene rings is 3. The van der Waals surface area contributed by atoms with Crippen LogP contribution in [-0.2, 0) is 9.59 Å². The van der Waals surface area contributed by atoms with Crippen molar-refractivity contribution >= 4 is 34.6 Å². The van der Waals surface area contributed by atoms with E-state index in [9.17, 15) is 9.59 Å². The molecule has 3 aromatic carbocycles. The topological polar surface area (TPSA) is 61.8 Å². The van der Waals surface area contributed by atoms with Crippen molar-refractivity contribution < 1.29 is 9.59 Å². The van der Waals surface area contributed by atoms with Crippen LogP contribution < -0.4 is 10.2 Å². The summed E-state index contributed by atoms with van der Waals surface area (Å²) in [6.45, 7) is 4.18. The first-order valence-corrected chi connectivity index (χ1v) is 10.4. The first-order chi connectivity index (χ1) is 15.0. The number of hydrogen-bond donors (Lipinski definition) is 1. The minimum atomic E-state index is -0.247. The first-order valence-electron chi connectivity index (χ1n) is 10.4. The Morgan fingerprint density at radius 3 is 2.35 bits per heavy atom. The second kappa shape index (κ2) is 8.96. The summed E-state index contributed by atoms with van der Waals surface area (Å²) in [5.41, 5.74) is 4.85. The molecule has 0 atom stereocenters. The highest BCUT2D eigenvalue weighted by Crippen LogP contribution is 2.32. The summed E-state index contributed by atoms with van der Waals surface area (Å²) in [7, 11) is 0. The molecule has 5 heteroatoms. The Kier molecular flexibility index (Phi) is 5.94. The van der Waals surface area contributed by atoms with Crippen molar-refractivity contribution in [3.05, 3.63) is 90.0 Å². The third kappa shape index (κ3) is 4.72. The van der Waals surface area contributed by atoms with Crippen LogP contribution in [0.5, 0.6) is 0 Å². The number of rotatable bonds is 5. The Hall–Kier alpha value is -3.73. The Morgan fingerprint density at radius 2 is 1.65 bits per heavy atom. The summed E-state index contributed by atoms with van der Waals surface area (Å²) in [6, 6.07) is 24.9. The van der Waals surface area contributed by atoms with E-state index in [0.717, 1.165) is 5.56 Å².